The highest BCUT2D eigenvalue weighted by Gasteiger charge is 2.29. The van der Waals surface area contributed by atoms with Crippen molar-refractivity contribution < 1.29 is 8.91 Å². The van der Waals surface area contributed by atoms with Crippen LogP contribution >= 0.6 is 0 Å². The number of hydrogen-bond acceptors (Lipinski definition) is 4. The molecular formula is C25H28FN3O. The number of halogens is 1. The van der Waals surface area contributed by atoms with Gasteiger partial charge in [0.25, 0.3) is 5.89 Å². The first-order valence-electron chi connectivity index (χ1n) is 10.6. The van der Waals surface area contributed by atoms with Crippen molar-refractivity contribution in [3.8, 4) is 11.4 Å². The lowest BCUT2D eigenvalue weighted by Gasteiger charge is -2.37. The third-order valence-electron chi connectivity index (χ3n) is 5.99. The highest BCUT2D eigenvalue weighted by atomic mass is 19.1. The molecule has 2 aromatic carbocycles. The summed E-state index contributed by atoms with van der Waals surface area (Å²) in [5, 5.41) is 4.07. The second-order valence-electron chi connectivity index (χ2n) is 8.32. The van der Waals surface area contributed by atoms with E-state index in [1.54, 1.807) is 6.07 Å². The molecule has 3 aromatic rings. The Morgan fingerprint density at radius 1 is 1.03 bits per heavy atom. The van der Waals surface area contributed by atoms with Crippen LogP contribution in [0.25, 0.3) is 17.5 Å². The first kappa shape index (κ1) is 20.5. The van der Waals surface area contributed by atoms with Crippen LogP contribution in [0.1, 0.15) is 43.2 Å². The smallest absolute Gasteiger partial charge is 0.250 e. The lowest BCUT2D eigenvalue weighted by molar-refractivity contribution is 0.159. The summed E-state index contributed by atoms with van der Waals surface area (Å²) in [7, 11) is 4.17. The van der Waals surface area contributed by atoms with Crippen molar-refractivity contribution in [2.45, 2.75) is 31.7 Å². The Morgan fingerprint density at radius 2 is 1.80 bits per heavy atom. The molecule has 4 rings (SSSR count). The summed E-state index contributed by atoms with van der Waals surface area (Å²) in [6.45, 7) is 0. The molecule has 0 radical (unpaired) electrons. The summed E-state index contributed by atoms with van der Waals surface area (Å²) < 4.78 is 19.1. The zero-order valence-electron chi connectivity index (χ0n) is 17.5. The van der Waals surface area contributed by atoms with Crippen LogP contribution in [0, 0.1) is 17.7 Å². The Morgan fingerprint density at radius 3 is 2.50 bits per heavy atom. The van der Waals surface area contributed by atoms with Crippen LogP contribution < -0.4 is 0 Å². The van der Waals surface area contributed by atoms with Crippen LogP contribution in [0.15, 0.2) is 65.2 Å². The zero-order chi connectivity index (χ0) is 20.9. The molecule has 1 aromatic heterocycles. The fourth-order valence-corrected chi connectivity index (χ4v) is 4.56. The van der Waals surface area contributed by atoms with E-state index in [0.29, 0.717) is 23.6 Å². The van der Waals surface area contributed by atoms with Crippen molar-refractivity contribution in [1.29, 1.82) is 0 Å². The molecule has 1 saturated carbocycles. The van der Waals surface area contributed by atoms with Gasteiger partial charge in [-0.3, -0.25) is 0 Å². The molecule has 0 bridgehead atoms. The Hall–Kier alpha value is -2.79. The highest BCUT2D eigenvalue weighted by molar-refractivity contribution is 5.55. The third-order valence-corrected chi connectivity index (χ3v) is 5.99. The molecule has 156 valence electrons. The lowest BCUT2D eigenvalue weighted by Crippen LogP contribution is -2.30. The summed E-state index contributed by atoms with van der Waals surface area (Å²) in [5.41, 5.74) is 2.02. The maximum absolute atomic E-state index is 13.7. The normalized spacial score (nSPS) is 20.7. The Bertz CT molecular complexity index is 975. The van der Waals surface area contributed by atoms with Gasteiger partial charge in [0.1, 0.15) is 5.82 Å². The monoisotopic (exact) mass is 405 g/mol. The van der Waals surface area contributed by atoms with Crippen LogP contribution in [-0.2, 0) is 0 Å². The van der Waals surface area contributed by atoms with Crippen LogP contribution in [0.3, 0.4) is 0 Å². The largest absolute Gasteiger partial charge is 0.334 e. The van der Waals surface area contributed by atoms with Gasteiger partial charge in [0.15, 0.2) is 0 Å². The van der Waals surface area contributed by atoms with E-state index in [0.717, 1.165) is 36.8 Å². The van der Waals surface area contributed by atoms with Gasteiger partial charge in [-0.15, -0.1) is 0 Å². The van der Waals surface area contributed by atoms with E-state index < -0.39 is 0 Å². The minimum atomic E-state index is -0.162. The maximum atomic E-state index is 13.7. The molecule has 1 fully saturated rings. The summed E-state index contributed by atoms with van der Waals surface area (Å²) in [4.78, 5) is 6.69. The van der Waals surface area contributed by atoms with Crippen LogP contribution in [0.2, 0.25) is 0 Å². The average molecular weight is 406 g/mol. The van der Waals surface area contributed by atoms with Crippen molar-refractivity contribution in [3.05, 3.63) is 77.9 Å². The Kier molecular flexibility index (Phi) is 6.38. The highest BCUT2D eigenvalue weighted by Crippen LogP contribution is 2.40. The van der Waals surface area contributed by atoms with Crippen molar-refractivity contribution in [2.24, 2.45) is 11.8 Å². The van der Waals surface area contributed by atoms with Gasteiger partial charge < -0.3 is 9.42 Å². The van der Waals surface area contributed by atoms with E-state index in [9.17, 15) is 4.39 Å². The number of aromatic nitrogens is 2. The molecule has 1 aliphatic carbocycles. The van der Waals surface area contributed by atoms with Crippen molar-refractivity contribution in [3.63, 3.8) is 0 Å². The molecule has 1 unspecified atom stereocenters. The molecule has 0 saturated heterocycles. The fraction of sp³-hybridized carbons (Fsp3) is 0.360. The topological polar surface area (TPSA) is 42.2 Å². The first-order valence-corrected chi connectivity index (χ1v) is 10.6. The summed E-state index contributed by atoms with van der Waals surface area (Å²) in [6.07, 6.45) is 8.60. The van der Waals surface area contributed by atoms with Gasteiger partial charge in [-0.05, 0) is 75.4 Å². The number of rotatable bonds is 6. The van der Waals surface area contributed by atoms with Crippen molar-refractivity contribution in [1.82, 2.24) is 15.0 Å². The zero-order valence-corrected chi connectivity index (χ0v) is 17.5. The predicted molar refractivity (Wildman–Crippen MR) is 117 cm³/mol. The molecule has 0 amide bonds. The summed E-state index contributed by atoms with van der Waals surface area (Å²) in [6, 6.07) is 17.1. The fourth-order valence-electron chi connectivity index (χ4n) is 4.56. The van der Waals surface area contributed by atoms with E-state index in [2.05, 4.69) is 35.2 Å². The van der Waals surface area contributed by atoms with E-state index in [1.165, 1.54) is 6.07 Å². The molecule has 0 spiro atoms. The van der Waals surface area contributed by atoms with Crippen molar-refractivity contribution >= 4 is 6.08 Å². The molecular weight excluding hydrogens is 377 g/mol. The van der Waals surface area contributed by atoms with Gasteiger partial charge in [0.05, 0.1) is 0 Å². The molecule has 4 nitrogen and oxygen atoms in total. The van der Waals surface area contributed by atoms with Gasteiger partial charge in [-0.25, -0.2) is 4.39 Å². The standard InChI is InChI=1S/C25H28FN3O/c1-29(2)24(21-9-6-10-22(26)17-21)19-14-11-18(12-15-19)13-16-23-27-25(28-30-23)20-7-4-3-5-8-20/h3-10,13,16-19,24H,11-12,14-15H2,1-2H3. The van der Waals surface area contributed by atoms with Gasteiger partial charge in [0, 0.05) is 11.6 Å². The number of nitrogens with zero attached hydrogens (tertiary/aromatic N) is 3. The SMILES string of the molecule is CN(C)C(c1cccc(F)c1)C1CCC(C=Cc2nc(-c3ccccc3)no2)CC1. The van der Waals surface area contributed by atoms with Gasteiger partial charge in [0.2, 0.25) is 5.82 Å². The number of allylic oxidation sites excluding steroid dienone is 1. The van der Waals surface area contributed by atoms with Gasteiger partial charge in [-0.1, -0.05) is 53.7 Å². The second kappa shape index (κ2) is 9.35. The maximum Gasteiger partial charge on any atom is 0.250 e. The van der Waals surface area contributed by atoms with Gasteiger partial charge >= 0.3 is 0 Å². The first-order chi connectivity index (χ1) is 14.6. The summed E-state index contributed by atoms with van der Waals surface area (Å²) in [5.74, 6) is 2.03. The second-order valence-corrected chi connectivity index (χ2v) is 8.32. The quantitative estimate of drug-likeness (QED) is 0.504. The minimum Gasteiger partial charge on any atom is -0.334 e. The molecule has 1 heterocycles. The predicted octanol–water partition coefficient (Wildman–Crippen LogP) is 6.00. The molecule has 5 heteroatoms. The average Bonchev–Trinajstić information content (AvgIpc) is 3.23. The van der Waals surface area contributed by atoms with Gasteiger partial charge in [-0.2, -0.15) is 4.98 Å². The third kappa shape index (κ3) is 4.85. The van der Waals surface area contributed by atoms with E-state index in [4.69, 9.17) is 4.52 Å². The van der Waals surface area contributed by atoms with Crippen LogP contribution in [0.4, 0.5) is 4.39 Å². The molecule has 0 N–H and O–H groups in total. The number of hydrogen-bond donors (Lipinski definition) is 0. The molecule has 1 atom stereocenters. The van der Waals surface area contributed by atoms with Crippen LogP contribution in [-0.4, -0.2) is 29.1 Å². The number of benzene rings is 2. The molecule has 30 heavy (non-hydrogen) atoms. The minimum absolute atomic E-state index is 0.162. The molecule has 0 aliphatic heterocycles. The van der Waals surface area contributed by atoms with E-state index >= 15 is 0 Å². The summed E-state index contributed by atoms with van der Waals surface area (Å²) >= 11 is 0. The molecule has 1 aliphatic rings. The van der Waals surface area contributed by atoms with E-state index in [-0.39, 0.29) is 11.9 Å². The lowest BCUT2D eigenvalue weighted by atomic mass is 9.76. The van der Waals surface area contributed by atoms with E-state index in [1.807, 2.05) is 48.5 Å². The Balaban J connectivity index is 1.37. The van der Waals surface area contributed by atoms with Crippen molar-refractivity contribution in [2.75, 3.05) is 14.1 Å². The van der Waals surface area contributed by atoms with Crippen LogP contribution in [0.5, 0.6) is 0 Å². The Labute approximate surface area is 177 Å².